The number of ether oxygens (including phenoxy) is 3. The normalized spacial score (nSPS) is 14.3. The quantitative estimate of drug-likeness (QED) is 0.178. The highest BCUT2D eigenvalue weighted by atomic mass is 19.1. The Hall–Kier alpha value is -5.96. The number of pyridine rings is 2. The van der Waals surface area contributed by atoms with Crippen LogP contribution in [0.1, 0.15) is 35.3 Å². The van der Waals surface area contributed by atoms with Crippen molar-refractivity contribution in [2.24, 2.45) is 7.05 Å². The number of morpholine rings is 1. The van der Waals surface area contributed by atoms with Crippen molar-refractivity contribution in [3.8, 4) is 5.69 Å². The molecule has 6 rings (SSSR count). The number of anilines is 1. The van der Waals surface area contributed by atoms with E-state index in [0.717, 1.165) is 11.5 Å². The third-order valence-electron chi connectivity index (χ3n) is 8.66. The van der Waals surface area contributed by atoms with Gasteiger partial charge in [-0.1, -0.05) is 12.1 Å². The Morgan fingerprint density at radius 1 is 1.04 bits per heavy atom. The van der Waals surface area contributed by atoms with E-state index >= 15 is 4.39 Å². The average molecular weight is 699 g/mol. The maximum atomic E-state index is 15.6. The van der Waals surface area contributed by atoms with E-state index in [1.165, 1.54) is 55.3 Å². The number of hydrogen-bond acceptors (Lipinski definition) is 11. The van der Waals surface area contributed by atoms with Gasteiger partial charge in [-0.3, -0.25) is 28.9 Å². The molecule has 0 bridgehead atoms. The zero-order chi connectivity index (χ0) is 36.4. The summed E-state index contributed by atoms with van der Waals surface area (Å²) < 4.78 is 33.6. The first kappa shape index (κ1) is 34.9. The molecule has 1 aliphatic heterocycles. The molecule has 15 heteroatoms. The Labute approximate surface area is 290 Å². The van der Waals surface area contributed by atoms with Crippen molar-refractivity contribution in [2.75, 3.05) is 31.2 Å². The van der Waals surface area contributed by atoms with Crippen LogP contribution < -0.4 is 21.5 Å². The van der Waals surface area contributed by atoms with Crippen LogP contribution in [0.2, 0.25) is 0 Å². The number of carbonyl (C=O) groups excluding carboxylic acids is 3. The molecule has 1 saturated heterocycles. The molecule has 4 heterocycles. The summed E-state index contributed by atoms with van der Waals surface area (Å²) in [6.07, 6.45) is 2.93. The van der Waals surface area contributed by atoms with Crippen LogP contribution in [0.15, 0.2) is 70.6 Å². The molecular formula is C36H35FN6O8. The van der Waals surface area contributed by atoms with E-state index in [4.69, 9.17) is 14.2 Å². The summed E-state index contributed by atoms with van der Waals surface area (Å²) in [5.41, 5.74) is 0.836. The molecule has 0 aliphatic carbocycles. The lowest BCUT2D eigenvalue weighted by atomic mass is 9.99. The molecule has 1 aliphatic rings. The van der Waals surface area contributed by atoms with Crippen LogP contribution in [0, 0.1) is 12.7 Å². The average Bonchev–Trinajstić information content (AvgIpc) is 3.10. The van der Waals surface area contributed by atoms with Gasteiger partial charge in [0.05, 0.1) is 47.1 Å². The standard InChI is InChI=1S/C36H35FN6O8/c1-20-16-24(42-12-14-49-15-13-42)18-27(37)31(20)33(45)40-28(35(47)51-22(3)50-21(2)44)17-23-7-8-29(32-25(23)6-5-10-39-32)43-34(46)26-9-11-38-19-30(26)41(4)36(43)48/h5-11,16,18-19,22,28H,12-15,17H2,1-4H3,(H,40,45)/t22?,28-/m0/s1. The molecule has 51 heavy (non-hydrogen) atoms. The van der Waals surface area contributed by atoms with Gasteiger partial charge in [-0.25, -0.2) is 18.5 Å². The molecule has 3 aromatic heterocycles. The van der Waals surface area contributed by atoms with Gasteiger partial charge in [-0.15, -0.1) is 0 Å². The van der Waals surface area contributed by atoms with Crippen molar-refractivity contribution in [1.29, 1.82) is 0 Å². The fraction of sp³-hybridized carbons (Fsp3) is 0.306. The van der Waals surface area contributed by atoms with E-state index in [9.17, 15) is 24.0 Å². The number of esters is 2. The first-order chi connectivity index (χ1) is 24.4. The molecule has 5 aromatic rings. The molecule has 1 N–H and O–H groups in total. The summed E-state index contributed by atoms with van der Waals surface area (Å²) in [4.78, 5) is 76.3. The number of aromatic nitrogens is 4. The Morgan fingerprint density at radius 2 is 1.80 bits per heavy atom. The van der Waals surface area contributed by atoms with Crippen LogP contribution in [0.25, 0.3) is 27.5 Å². The highest BCUT2D eigenvalue weighted by Crippen LogP contribution is 2.26. The van der Waals surface area contributed by atoms with Crippen molar-refractivity contribution in [3.63, 3.8) is 0 Å². The lowest BCUT2D eigenvalue weighted by Crippen LogP contribution is -2.45. The van der Waals surface area contributed by atoms with Gasteiger partial charge in [-0.05, 0) is 48.4 Å². The highest BCUT2D eigenvalue weighted by Gasteiger charge is 2.29. The van der Waals surface area contributed by atoms with Crippen molar-refractivity contribution in [2.45, 2.75) is 39.5 Å². The summed E-state index contributed by atoms with van der Waals surface area (Å²) in [6, 6.07) is 9.57. The van der Waals surface area contributed by atoms with Gasteiger partial charge in [0.2, 0.25) is 6.29 Å². The summed E-state index contributed by atoms with van der Waals surface area (Å²) >= 11 is 0. The van der Waals surface area contributed by atoms with Gasteiger partial charge in [-0.2, -0.15) is 0 Å². The van der Waals surface area contributed by atoms with E-state index in [1.807, 2.05) is 4.90 Å². The first-order valence-corrected chi connectivity index (χ1v) is 16.2. The van der Waals surface area contributed by atoms with Crippen LogP contribution in [0.3, 0.4) is 0 Å². The largest absolute Gasteiger partial charge is 0.426 e. The third-order valence-corrected chi connectivity index (χ3v) is 8.66. The minimum absolute atomic E-state index is 0.178. The second kappa shape index (κ2) is 14.5. The number of nitrogens with zero attached hydrogens (tertiary/aromatic N) is 5. The second-order valence-electron chi connectivity index (χ2n) is 12.1. The molecule has 14 nitrogen and oxygen atoms in total. The van der Waals surface area contributed by atoms with Crippen molar-refractivity contribution < 1.29 is 33.0 Å². The number of benzene rings is 2. The van der Waals surface area contributed by atoms with E-state index in [1.54, 1.807) is 31.2 Å². The van der Waals surface area contributed by atoms with Crippen LogP contribution in [-0.4, -0.2) is 75.6 Å². The van der Waals surface area contributed by atoms with Crippen molar-refractivity contribution in [3.05, 3.63) is 104 Å². The van der Waals surface area contributed by atoms with Crippen LogP contribution in [0.5, 0.6) is 0 Å². The predicted molar refractivity (Wildman–Crippen MR) is 184 cm³/mol. The minimum atomic E-state index is -1.40. The molecule has 1 unspecified atom stereocenters. The fourth-order valence-corrected chi connectivity index (χ4v) is 6.25. The molecule has 2 atom stereocenters. The summed E-state index contributed by atoms with van der Waals surface area (Å²) in [7, 11) is 1.53. The number of carbonyl (C=O) groups is 3. The second-order valence-corrected chi connectivity index (χ2v) is 12.1. The zero-order valence-corrected chi connectivity index (χ0v) is 28.3. The first-order valence-electron chi connectivity index (χ1n) is 16.2. The Kier molecular flexibility index (Phi) is 9.91. The lowest BCUT2D eigenvalue weighted by Gasteiger charge is -2.29. The molecule has 0 radical (unpaired) electrons. The summed E-state index contributed by atoms with van der Waals surface area (Å²) in [6.45, 7) is 6.24. The topological polar surface area (TPSA) is 164 Å². The monoisotopic (exact) mass is 698 g/mol. The number of rotatable bonds is 9. The van der Waals surface area contributed by atoms with E-state index in [2.05, 4.69) is 15.3 Å². The molecule has 2 aromatic carbocycles. The lowest BCUT2D eigenvalue weighted by molar-refractivity contribution is -0.184. The molecule has 1 amide bonds. The SMILES string of the molecule is CC(=O)OC(C)OC(=O)[C@H](Cc1ccc(-n2c(=O)c3ccncc3n(C)c2=O)c2ncccc12)NC(=O)c1c(C)cc(N2CCOCC2)cc1F. The Bertz CT molecular complexity index is 2280. The van der Waals surface area contributed by atoms with Crippen LogP contribution in [0.4, 0.5) is 10.1 Å². The van der Waals surface area contributed by atoms with Gasteiger partial charge in [0, 0.05) is 63.9 Å². The van der Waals surface area contributed by atoms with Gasteiger partial charge in [0.25, 0.3) is 11.5 Å². The molecule has 1 fully saturated rings. The summed E-state index contributed by atoms with van der Waals surface area (Å²) in [5.74, 6) is -3.27. The molecule has 264 valence electrons. The summed E-state index contributed by atoms with van der Waals surface area (Å²) in [5, 5.41) is 3.36. The van der Waals surface area contributed by atoms with E-state index in [-0.39, 0.29) is 28.6 Å². The number of amides is 1. The highest BCUT2D eigenvalue weighted by molar-refractivity contribution is 5.99. The fourth-order valence-electron chi connectivity index (χ4n) is 6.25. The molecule has 0 spiro atoms. The van der Waals surface area contributed by atoms with Crippen LogP contribution in [-0.2, 0) is 37.3 Å². The maximum Gasteiger partial charge on any atom is 0.335 e. The Balaban J connectivity index is 1.38. The van der Waals surface area contributed by atoms with E-state index < -0.39 is 47.2 Å². The Morgan fingerprint density at radius 3 is 2.53 bits per heavy atom. The zero-order valence-electron chi connectivity index (χ0n) is 28.3. The predicted octanol–water partition coefficient (Wildman–Crippen LogP) is 2.71. The number of fused-ring (bicyclic) bond motifs is 2. The maximum absolute atomic E-state index is 15.6. The van der Waals surface area contributed by atoms with Gasteiger partial charge in [0.15, 0.2) is 0 Å². The minimum Gasteiger partial charge on any atom is -0.426 e. The van der Waals surface area contributed by atoms with Crippen molar-refractivity contribution >= 4 is 45.3 Å². The third kappa shape index (κ3) is 7.05. The van der Waals surface area contributed by atoms with Gasteiger partial charge < -0.3 is 24.4 Å². The van der Waals surface area contributed by atoms with Crippen molar-refractivity contribution in [1.82, 2.24) is 24.4 Å². The molecular weight excluding hydrogens is 663 g/mol. The number of nitrogens with one attached hydrogen (secondary N) is 1. The van der Waals surface area contributed by atoms with E-state index in [0.29, 0.717) is 54.0 Å². The van der Waals surface area contributed by atoms with Gasteiger partial charge in [0.1, 0.15) is 11.9 Å². The number of hydrogen-bond donors (Lipinski definition) is 1. The number of aryl methyl sites for hydroxylation is 2. The van der Waals surface area contributed by atoms with Crippen LogP contribution >= 0.6 is 0 Å². The number of halogens is 1. The smallest absolute Gasteiger partial charge is 0.335 e. The molecule has 0 saturated carbocycles. The van der Waals surface area contributed by atoms with Gasteiger partial charge >= 0.3 is 17.6 Å².